The minimum absolute atomic E-state index is 0.0155. The Morgan fingerprint density at radius 3 is 2.15 bits per heavy atom. The van der Waals surface area contributed by atoms with E-state index in [9.17, 15) is 27.9 Å². The van der Waals surface area contributed by atoms with Gasteiger partial charge in [-0.25, -0.2) is 4.79 Å². The lowest BCUT2D eigenvalue weighted by atomic mass is 9.91. The van der Waals surface area contributed by atoms with Crippen LogP contribution in [-0.2, 0) is 27.2 Å². The van der Waals surface area contributed by atoms with Gasteiger partial charge in [0.2, 0.25) is 11.8 Å². The van der Waals surface area contributed by atoms with Crippen molar-refractivity contribution < 1.29 is 37.8 Å². The van der Waals surface area contributed by atoms with Gasteiger partial charge in [0.15, 0.2) is 0 Å². The quantitative estimate of drug-likeness (QED) is 0.210. The maximum atomic E-state index is 13.3. The molecule has 5 N–H and O–H groups in total. The van der Waals surface area contributed by atoms with Crippen molar-refractivity contribution in [3.8, 4) is 5.75 Å². The van der Waals surface area contributed by atoms with E-state index in [4.69, 9.17) is 15.6 Å². The van der Waals surface area contributed by atoms with Crippen molar-refractivity contribution in [3.05, 3.63) is 106 Å². The summed E-state index contributed by atoms with van der Waals surface area (Å²) in [6.45, 7) is 5.93. The van der Waals surface area contributed by atoms with E-state index >= 15 is 0 Å². The molecule has 1 aliphatic rings. The predicted octanol–water partition coefficient (Wildman–Crippen LogP) is 5.87. The molecule has 4 aromatic rings. The zero-order valence-electron chi connectivity index (χ0n) is 25.7. The first-order chi connectivity index (χ1) is 21.6. The van der Waals surface area contributed by atoms with Crippen LogP contribution in [0.2, 0.25) is 0 Å². The number of carbonyl (C=O) groups is 3. The summed E-state index contributed by atoms with van der Waals surface area (Å²) in [6.07, 6.45) is -3.34. The third kappa shape index (κ3) is 8.22. The number of aryl methyl sites for hydroxylation is 2. The number of aromatic hydroxyl groups is 1. The maximum Gasteiger partial charge on any atom is 0.490 e. The minimum Gasteiger partial charge on any atom is -0.508 e. The molecule has 0 spiro atoms. The number of phenolic OH excluding ortho intramolecular Hbond substituents is 1. The van der Waals surface area contributed by atoms with Gasteiger partial charge in [0.05, 0.1) is 12.1 Å². The highest BCUT2D eigenvalue weighted by molar-refractivity contribution is 5.93. The summed E-state index contributed by atoms with van der Waals surface area (Å²) in [5.41, 5.74) is 13.3. The maximum absolute atomic E-state index is 13.3. The van der Waals surface area contributed by atoms with Gasteiger partial charge in [-0.3, -0.25) is 9.59 Å². The summed E-state index contributed by atoms with van der Waals surface area (Å²) in [6, 6.07) is 23.4. The van der Waals surface area contributed by atoms with Crippen molar-refractivity contribution in [2.45, 2.75) is 58.3 Å². The second kappa shape index (κ2) is 14.0. The first-order valence-corrected chi connectivity index (χ1v) is 14.7. The van der Waals surface area contributed by atoms with Gasteiger partial charge < -0.3 is 26.2 Å². The van der Waals surface area contributed by atoms with Gasteiger partial charge in [-0.1, -0.05) is 54.6 Å². The lowest BCUT2D eigenvalue weighted by Gasteiger charge is -2.35. The molecule has 0 unspecified atom stereocenters. The number of rotatable bonds is 6. The molecule has 1 heterocycles. The molecule has 8 nitrogen and oxygen atoms in total. The zero-order chi connectivity index (χ0) is 33.8. The first-order valence-electron chi connectivity index (χ1n) is 14.7. The zero-order valence-corrected chi connectivity index (χ0v) is 25.7. The molecule has 0 radical (unpaired) electrons. The third-order valence-corrected chi connectivity index (χ3v) is 8.00. The minimum atomic E-state index is -5.08. The average molecular weight is 636 g/mol. The van der Waals surface area contributed by atoms with Crippen molar-refractivity contribution in [1.82, 2.24) is 5.32 Å². The second-order valence-electron chi connectivity index (χ2n) is 11.4. The monoisotopic (exact) mass is 635 g/mol. The van der Waals surface area contributed by atoms with Gasteiger partial charge in [-0.15, -0.1) is 0 Å². The van der Waals surface area contributed by atoms with E-state index in [-0.39, 0.29) is 23.6 Å². The molecule has 1 aliphatic heterocycles. The molecule has 0 saturated carbocycles. The Morgan fingerprint density at radius 2 is 1.54 bits per heavy atom. The second-order valence-corrected chi connectivity index (χ2v) is 11.4. The molecular weight excluding hydrogens is 599 g/mol. The molecule has 0 saturated heterocycles. The number of aliphatic carboxylic acids is 1. The number of nitrogens with zero attached hydrogens (tertiary/aromatic N) is 1. The number of hydrogen-bond donors (Lipinski definition) is 4. The first kappa shape index (κ1) is 34.0. The fourth-order valence-corrected chi connectivity index (χ4v) is 5.72. The van der Waals surface area contributed by atoms with E-state index in [1.165, 1.54) is 16.3 Å². The molecule has 242 valence electrons. The van der Waals surface area contributed by atoms with E-state index < -0.39 is 18.2 Å². The van der Waals surface area contributed by atoms with Crippen LogP contribution in [0, 0.1) is 13.8 Å². The molecule has 2 amide bonds. The lowest BCUT2D eigenvalue weighted by Crippen LogP contribution is -2.46. The SMILES string of the molecule is CC(=O)N1CC[C@@H](NC(=O)[C@@H](N)Cc2c(C)cc(O)cc2C)c2cc(Cc3ccc4ccccc4c3)ccc21.O=C(O)C(F)(F)F. The number of anilines is 1. The van der Waals surface area contributed by atoms with Crippen molar-refractivity contribution in [1.29, 1.82) is 0 Å². The molecule has 11 heteroatoms. The molecular formula is C35H36F3N3O5. The standard InChI is InChI=1S/C33H35N3O3.C2HF3O2/c1-20-14-27(38)15-21(2)28(20)19-30(34)33(39)35-31-12-13-36(22(3)37)32-11-9-24(18-29(31)32)16-23-8-10-25-6-4-5-7-26(25)17-23;3-2(4,5)1(6)7/h4-11,14-15,17-18,30-31,38H,12-13,16,19,34H2,1-3H3,(H,35,39);(H,6,7)/t30-,31+;/m0./s1. The number of nitrogens with one attached hydrogen (secondary N) is 1. The summed E-state index contributed by atoms with van der Waals surface area (Å²) < 4.78 is 31.7. The third-order valence-electron chi connectivity index (χ3n) is 8.00. The Bertz CT molecular complexity index is 1750. The van der Waals surface area contributed by atoms with Crippen LogP contribution < -0.4 is 16.0 Å². The van der Waals surface area contributed by atoms with E-state index in [0.29, 0.717) is 19.4 Å². The Balaban J connectivity index is 0.000000617. The number of nitrogens with two attached hydrogens (primary N) is 1. The smallest absolute Gasteiger partial charge is 0.490 e. The summed E-state index contributed by atoms with van der Waals surface area (Å²) >= 11 is 0. The molecule has 4 aromatic carbocycles. The van der Waals surface area contributed by atoms with E-state index in [2.05, 4.69) is 47.8 Å². The summed E-state index contributed by atoms with van der Waals surface area (Å²) in [5, 5.41) is 22.6. The van der Waals surface area contributed by atoms with Crippen LogP contribution in [-0.4, -0.2) is 46.8 Å². The van der Waals surface area contributed by atoms with Crippen molar-refractivity contribution in [2.24, 2.45) is 5.73 Å². The van der Waals surface area contributed by atoms with Gasteiger partial charge in [-0.2, -0.15) is 13.2 Å². The number of halogens is 3. The summed E-state index contributed by atoms with van der Waals surface area (Å²) in [7, 11) is 0. The highest BCUT2D eigenvalue weighted by Crippen LogP contribution is 2.35. The van der Waals surface area contributed by atoms with Crippen LogP contribution in [0.3, 0.4) is 0 Å². The van der Waals surface area contributed by atoms with Crippen LogP contribution in [0.15, 0.2) is 72.8 Å². The molecule has 5 rings (SSSR count). The number of amides is 2. The molecule has 0 aliphatic carbocycles. The van der Waals surface area contributed by atoms with Crippen molar-refractivity contribution in [2.75, 3.05) is 11.4 Å². The number of hydrogen-bond acceptors (Lipinski definition) is 5. The van der Waals surface area contributed by atoms with Gasteiger partial charge >= 0.3 is 12.1 Å². The number of carbonyl (C=O) groups excluding carboxylic acids is 2. The number of fused-ring (bicyclic) bond motifs is 2. The fraction of sp³-hybridized carbons (Fsp3) is 0.286. The van der Waals surface area contributed by atoms with Crippen LogP contribution in [0.5, 0.6) is 5.75 Å². The Morgan fingerprint density at radius 1 is 0.957 bits per heavy atom. The normalized spacial score (nSPS) is 14.9. The van der Waals surface area contributed by atoms with Crippen molar-refractivity contribution in [3.63, 3.8) is 0 Å². The highest BCUT2D eigenvalue weighted by Gasteiger charge is 2.38. The summed E-state index contributed by atoms with van der Waals surface area (Å²) in [4.78, 5) is 36.3. The molecule has 0 aromatic heterocycles. The van der Waals surface area contributed by atoms with Crippen LogP contribution in [0.1, 0.15) is 52.8 Å². The van der Waals surface area contributed by atoms with Crippen LogP contribution in [0.25, 0.3) is 10.8 Å². The van der Waals surface area contributed by atoms with Gasteiger partial charge in [0, 0.05) is 19.2 Å². The van der Waals surface area contributed by atoms with Gasteiger partial charge in [-0.05, 0) is 95.5 Å². The van der Waals surface area contributed by atoms with Crippen molar-refractivity contribution >= 4 is 34.2 Å². The Hall–Kier alpha value is -4.90. The van der Waals surface area contributed by atoms with Gasteiger partial charge in [0.1, 0.15) is 5.75 Å². The number of alkyl halides is 3. The summed E-state index contributed by atoms with van der Waals surface area (Å²) in [5.74, 6) is -2.79. The number of carboxylic acid groups (broad SMARTS) is 1. The Labute approximate surface area is 264 Å². The van der Waals surface area contributed by atoms with Crippen LogP contribution in [0.4, 0.5) is 18.9 Å². The molecule has 2 atom stereocenters. The largest absolute Gasteiger partial charge is 0.508 e. The average Bonchev–Trinajstić information content (AvgIpc) is 2.98. The highest BCUT2D eigenvalue weighted by atomic mass is 19.4. The van der Waals surface area contributed by atoms with Gasteiger partial charge in [0.25, 0.3) is 0 Å². The lowest BCUT2D eigenvalue weighted by molar-refractivity contribution is -0.192. The Kier molecular flexibility index (Phi) is 10.4. The van der Waals surface area contributed by atoms with E-state index in [0.717, 1.165) is 39.9 Å². The fourth-order valence-electron chi connectivity index (χ4n) is 5.72. The molecule has 0 bridgehead atoms. The number of phenols is 1. The van der Waals surface area contributed by atoms with E-state index in [1.807, 2.05) is 32.0 Å². The predicted molar refractivity (Wildman–Crippen MR) is 170 cm³/mol. The molecule has 0 fully saturated rings. The topological polar surface area (TPSA) is 133 Å². The van der Waals surface area contributed by atoms with E-state index in [1.54, 1.807) is 24.0 Å². The number of benzene rings is 4. The molecule has 46 heavy (non-hydrogen) atoms. The van der Waals surface area contributed by atoms with Crippen LogP contribution >= 0.6 is 0 Å². The number of carboxylic acids is 1.